The van der Waals surface area contributed by atoms with E-state index in [2.05, 4.69) is 31.3 Å². The summed E-state index contributed by atoms with van der Waals surface area (Å²) < 4.78 is 13.6. The van der Waals surface area contributed by atoms with Gasteiger partial charge >= 0.3 is 0 Å². The molecule has 0 spiro atoms. The molecule has 1 atom stereocenters. The van der Waals surface area contributed by atoms with Crippen molar-refractivity contribution < 1.29 is 4.39 Å². The molecule has 7 heteroatoms. The van der Waals surface area contributed by atoms with Gasteiger partial charge in [0.15, 0.2) is 5.82 Å². The Balaban J connectivity index is 2.17. The molecule has 1 aromatic carbocycles. The van der Waals surface area contributed by atoms with Gasteiger partial charge in [-0.1, -0.05) is 22.0 Å². The number of nitrogens with zero attached hydrogens (tertiary/aromatic N) is 4. The molecule has 2 aromatic rings. The second kappa shape index (κ2) is 4.89. The van der Waals surface area contributed by atoms with E-state index in [9.17, 15) is 4.39 Å². The fourth-order valence-electron chi connectivity index (χ4n) is 1.51. The van der Waals surface area contributed by atoms with Crippen LogP contribution in [0.15, 0.2) is 22.7 Å². The highest BCUT2D eigenvalue weighted by molar-refractivity contribution is 9.10. The molecule has 0 saturated heterocycles. The molecule has 0 radical (unpaired) electrons. The topological polar surface area (TPSA) is 69.6 Å². The summed E-state index contributed by atoms with van der Waals surface area (Å²) in [5, 5.41) is 11.6. The van der Waals surface area contributed by atoms with Crippen molar-refractivity contribution in [1.82, 2.24) is 20.2 Å². The highest BCUT2D eigenvalue weighted by Gasteiger charge is 2.14. The third kappa shape index (κ3) is 2.86. The normalized spacial score (nSPS) is 12.7. The van der Waals surface area contributed by atoms with Crippen LogP contribution >= 0.6 is 15.9 Å². The van der Waals surface area contributed by atoms with E-state index in [4.69, 9.17) is 5.73 Å². The van der Waals surface area contributed by atoms with Crippen LogP contribution in [0, 0.1) is 5.82 Å². The number of halogens is 2. The predicted octanol–water partition coefficient (Wildman–Crippen LogP) is 1.35. The van der Waals surface area contributed by atoms with Gasteiger partial charge < -0.3 is 5.73 Å². The summed E-state index contributed by atoms with van der Waals surface area (Å²) in [5.74, 6) is 0.265. The van der Waals surface area contributed by atoms with Gasteiger partial charge in [-0.2, -0.15) is 4.80 Å². The number of nitrogens with two attached hydrogens (primary N) is 1. The van der Waals surface area contributed by atoms with Crippen molar-refractivity contribution in [3.05, 3.63) is 39.9 Å². The van der Waals surface area contributed by atoms with Crippen molar-refractivity contribution in [3.8, 4) is 0 Å². The van der Waals surface area contributed by atoms with Crippen LogP contribution in [0.1, 0.15) is 17.4 Å². The van der Waals surface area contributed by atoms with E-state index in [1.807, 2.05) is 0 Å². The largest absolute Gasteiger partial charge is 0.324 e. The average Bonchev–Trinajstić information content (AvgIpc) is 2.63. The minimum atomic E-state index is -0.301. The summed E-state index contributed by atoms with van der Waals surface area (Å²) in [4.78, 5) is 1.38. The fraction of sp³-hybridized carbons (Fsp3) is 0.300. The van der Waals surface area contributed by atoms with Crippen molar-refractivity contribution in [1.29, 1.82) is 0 Å². The number of hydrogen-bond donors (Lipinski definition) is 1. The zero-order valence-electron chi connectivity index (χ0n) is 9.14. The lowest BCUT2D eigenvalue weighted by Crippen LogP contribution is -2.15. The van der Waals surface area contributed by atoms with E-state index in [0.717, 1.165) is 5.56 Å². The van der Waals surface area contributed by atoms with Gasteiger partial charge in [0.25, 0.3) is 0 Å². The van der Waals surface area contributed by atoms with Gasteiger partial charge in [-0.05, 0) is 22.9 Å². The van der Waals surface area contributed by atoms with Crippen LogP contribution in [-0.2, 0) is 13.5 Å². The van der Waals surface area contributed by atoms with Crippen LogP contribution in [0.4, 0.5) is 4.39 Å². The molecule has 0 bridgehead atoms. The summed E-state index contributed by atoms with van der Waals surface area (Å²) in [6.45, 7) is 0. The van der Waals surface area contributed by atoms with Crippen LogP contribution in [-0.4, -0.2) is 20.2 Å². The summed E-state index contributed by atoms with van der Waals surface area (Å²) in [6, 6.07) is 4.12. The maximum atomic E-state index is 12.9. The molecule has 0 amide bonds. The Labute approximate surface area is 106 Å². The lowest BCUT2D eigenvalue weighted by atomic mass is 10.0. The molecule has 0 aliphatic heterocycles. The third-order valence-electron chi connectivity index (χ3n) is 2.31. The average molecular weight is 300 g/mol. The molecular formula is C10H11BrFN5. The van der Waals surface area contributed by atoms with Crippen molar-refractivity contribution in [3.63, 3.8) is 0 Å². The van der Waals surface area contributed by atoms with Crippen molar-refractivity contribution in [2.24, 2.45) is 12.8 Å². The second-order valence-corrected chi connectivity index (χ2v) is 4.53. The molecule has 1 heterocycles. The molecule has 2 rings (SSSR count). The van der Waals surface area contributed by atoms with Crippen LogP contribution in [0.3, 0.4) is 0 Å². The number of aromatic nitrogens is 4. The van der Waals surface area contributed by atoms with Crippen LogP contribution < -0.4 is 5.73 Å². The zero-order chi connectivity index (χ0) is 12.4. The van der Waals surface area contributed by atoms with Gasteiger partial charge in [0.1, 0.15) is 5.82 Å². The third-order valence-corrected chi connectivity index (χ3v) is 3.00. The Morgan fingerprint density at radius 2 is 2.29 bits per heavy atom. The number of benzene rings is 1. The first-order valence-corrected chi connectivity index (χ1v) is 5.79. The number of hydrogen-bond acceptors (Lipinski definition) is 4. The molecule has 0 saturated carbocycles. The maximum Gasteiger partial charge on any atom is 0.176 e. The monoisotopic (exact) mass is 299 g/mol. The Kier molecular flexibility index (Phi) is 3.49. The molecule has 5 nitrogen and oxygen atoms in total. The molecule has 0 aliphatic rings. The first-order chi connectivity index (χ1) is 8.06. The number of tetrazole rings is 1. The van der Waals surface area contributed by atoms with E-state index >= 15 is 0 Å². The molecule has 17 heavy (non-hydrogen) atoms. The number of aryl methyl sites for hydroxylation is 1. The smallest absolute Gasteiger partial charge is 0.176 e. The van der Waals surface area contributed by atoms with Gasteiger partial charge in [0.2, 0.25) is 0 Å². The van der Waals surface area contributed by atoms with Crippen LogP contribution in [0.2, 0.25) is 0 Å². The minimum Gasteiger partial charge on any atom is -0.324 e. The molecule has 1 unspecified atom stereocenters. The Hall–Kier alpha value is -1.34. The standard InChI is InChI=1S/C10H11BrFN5/c1-17-15-10(14-16-17)5-9(13)7-3-2-6(12)4-8(7)11/h2-4,9H,5,13H2,1H3. The van der Waals surface area contributed by atoms with Crippen molar-refractivity contribution in [2.45, 2.75) is 12.5 Å². The number of rotatable bonds is 3. The predicted molar refractivity (Wildman–Crippen MR) is 63.5 cm³/mol. The molecule has 0 aliphatic carbocycles. The summed E-state index contributed by atoms with van der Waals surface area (Å²) >= 11 is 3.28. The van der Waals surface area contributed by atoms with Gasteiger partial charge in [0, 0.05) is 16.9 Å². The van der Waals surface area contributed by atoms with E-state index in [1.165, 1.54) is 16.9 Å². The molecule has 1 aromatic heterocycles. The first-order valence-electron chi connectivity index (χ1n) is 4.99. The van der Waals surface area contributed by atoms with Crippen LogP contribution in [0.5, 0.6) is 0 Å². The van der Waals surface area contributed by atoms with Gasteiger partial charge in [-0.3, -0.25) is 0 Å². The Morgan fingerprint density at radius 1 is 1.53 bits per heavy atom. The van der Waals surface area contributed by atoms with Crippen molar-refractivity contribution in [2.75, 3.05) is 0 Å². The van der Waals surface area contributed by atoms with Gasteiger partial charge in [0.05, 0.1) is 7.05 Å². The molecule has 2 N–H and O–H groups in total. The Bertz CT molecular complexity index is 527. The first kappa shape index (κ1) is 12.1. The molecule has 0 fully saturated rings. The quantitative estimate of drug-likeness (QED) is 0.929. The summed E-state index contributed by atoms with van der Waals surface area (Å²) in [7, 11) is 1.69. The van der Waals surface area contributed by atoms with Gasteiger partial charge in [-0.25, -0.2) is 4.39 Å². The molecular weight excluding hydrogens is 289 g/mol. The van der Waals surface area contributed by atoms with Crippen molar-refractivity contribution >= 4 is 15.9 Å². The lowest BCUT2D eigenvalue weighted by Gasteiger charge is -2.11. The fourth-order valence-corrected chi connectivity index (χ4v) is 2.16. The minimum absolute atomic E-state index is 0.297. The van der Waals surface area contributed by atoms with Gasteiger partial charge in [-0.15, -0.1) is 10.2 Å². The Morgan fingerprint density at radius 3 is 2.88 bits per heavy atom. The van der Waals surface area contributed by atoms with Crippen LogP contribution in [0.25, 0.3) is 0 Å². The van der Waals surface area contributed by atoms with E-state index in [-0.39, 0.29) is 11.9 Å². The maximum absolute atomic E-state index is 12.9. The zero-order valence-corrected chi connectivity index (χ0v) is 10.7. The highest BCUT2D eigenvalue weighted by Crippen LogP contribution is 2.24. The summed E-state index contributed by atoms with van der Waals surface area (Å²) in [5.41, 5.74) is 6.84. The summed E-state index contributed by atoms with van der Waals surface area (Å²) in [6.07, 6.45) is 0.456. The second-order valence-electron chi connectivity index (χ2n) is 3.67. The van der Waals surface area contributed by atoms with E-state index in [0.29, 0.717) is 16.7 Å². The highest BCUT2D eigenvalue weighted by atomic mass is 79.9. The SMILES string of the molecule is Cn1nnc(CC(N)c2ccc(F)cc2Br)n1. The van der Waals surface area contributed by atoms with E-state index < -0.39 is 0 Å². The lowest BCUT2D eigenvalue weighted by molar-refractivity contribution is 0.617. The van der Waals surface area contributed by atoms with E-state index in [1.54, 1.807) is 13.1 Å². The molecule has 90 valence electrons.